The van der Waals surface area contributed by atoms with Crippen LogP contribution in [0.25, 0.3) is 0 Å². The molecule has 1 rings (SSSR count). The van der Waals surface area contributed by atoms with Crippen LogP contribution in [0.15, 0.2) is 0 Å². The monoisotopic (exact) mass is 284 g/mol. The van der Waals surface area contributed by atoms with Gasteiger partial charge in [-0.15, -0.1) is 0 Å². The van der Waals surface area contributed by atoms with E-state index >= 15 is 0 Å². The summed E-state index contributed by atoms with van der Waals surface area (Å²) in [7, 11) is 0. The van der Waals surface area contributed by atoms with Crippen molar-refractivity contribution < 1.29 is 4.74 Å². The SMILES string of the molecule is CCCNC1CCOCC1N(CC(C)C)C(CC)CC. The topological polar surface area (TPSA) is 24.5 Å². The molecule has 1 heterocycles. The zero-order chi connectivity index (χ0) is 15.0. The molecule has 3 nitrogen and oxygen atoms in total. The lowest BCUT2D eigenvalue weighted by Gasteiger charge is -2.44. The maximum atomic E-state index is 5.81. The lowest BCUT2D eigenvalue weighted by Crippen LogP contribution is -2.58. The Morgan fingerprint density at radius 2 is 1.90 bits per heavy atom. The molecule has 120 valence electrons. The number of nitrogens with one attached hydrogen (secondary N) is 1. The molecule has 2 atom stereocenters. The Hall–Kier alpha value is -0.120. The van der Waals surface area contributed by atoms with Crippen molar-refractivity contribution >= 4 is 0 Å². The summed E-state index contributed by atoms with van der Waals surface area (Å²) in [5.41, 5.74) is 0. The Morgan fingerprint density at radius 1 is 1.20 bits per heavy atom. The smallest absolute Gasteiger partial charge is 0.0637 e. The Balaban J connectivity index is 2.77. The second-order valence-corrected chi connectivity index (χ2v) is 6.55. The number of nitrogens with zero attached hydrogens (tertiary/aromatic N) is 1. The van der Waals surface area contributed by atoms with Gasteiger partial charge >= 0.3 is 0 Å². The highest BCUT2D eigenvalue weighted by atomic mass is 16.5. The van der Waals surface area contributed by atoms with Crippen molar-refractivity contribution in [3.8, 4) is 0 Å². The van der Waals surface area contributed by atoms with Gasteiger partial charge in [-0.1, -0.05) is 34.6 Å². The molecule has 3 heteroatoms. The van der Waals surface area contributed by atoms with Gasteiger partial charge in [0.1, 0.15) is 0 Å². The first-order chi connectivity index (χ1) is 9.63. The van der Waals surface area contributed by atoms with Crippen LogP contribution in [-0.2, 0) is 4.74 Å². The van der Waals surface area contributed by atoms with Gasteiger partial charge in [0.15, 0.2) is 0 Å². The fraction of sp³-hybridized carbons (Fsp3) is 1.00. The standard InChI is InChI=1S/C17H36N2O/c1-6-10-18-16-9-11-20-13-17(16)19(12-14(4)5)15(7-2)8-3/h14-18H,6-13H2,1-5H3. The molecule has 0 bridgehead atoms. The van der Waals surface area contributed by atoms with Crippen molar-refractivity contribution in [2.45, 2.75) is 78.4 Å². The summed E-state index contributed by atoms with van der Waals surface area (Å²) >= 11 is 0. The van der Waals surface area contributed by atoms with E-state index in [9.17, 15) is 0 Å². The van der Waals surface area contributed by atoms with E-state index in [0.717, 1.165) is 26.2 Å². The van der Waals surface area contributed by atoms with E-state index in [-0.39, 0.29) is 0 Å². The Morgan fingerprint density at radius 3 is 2.45 bits per heavy atom. The fourth-order valence-electron chi connectivity index (χ4n) is 3.35. The molecule has 0 aromatic carbocycles. The minimum absolute atomic E-state index is 0.544. The van der Waals surface area contributed by atoms with Crippen molar-refractivity contribution in [3.05, 3.63) is 0 Å². The molecule has 1 saturated heterocycles. The van der Waals surface area contributed by atoms with E-state index in [1.165, 1.54) is 25.8 Å². The fourth-order valence-corrected chi connectivity index (χ4v) is 3.35. The van der Waals surface area contributed by atoms with Crippen LogP contribution in [0.3, 0.4) is 0 Å². The predicted molar refractivity (Wildman–Crippen MR) is 87.2 cm³/mol. The van der Waals surface area contributed by atoms with Gasteiger partial charge in [-0.25, -0.2) is 0 Å². The molecule has 1 aliphatic rings. The van der Waals surface area contributed by atoms with Crippen molar-refractivity contribution in [2.24, 2.45) is 5.92 Å². The van der Waals surface area contributed by atoms with Gasteiger partial charge in [-0.05, 0) is 38.1 Å². The van der Waals surface area contributed by atoms with Crippen LogP contribution in [0.1, 0.15) is 60.3 Å². The van der Waals surface area contributed by atoms with Crippen molar-refractivity contribution in [1.29, 1.82) is 0 Å². The molecule has 0 saturated carbocycles. The molecule has 1 fully saturated rings. The Bertz CT molecular complexity index is 241. The number of ether oxygens (including phenoxy) is 1. The minimum atomic E-state index is 0.544. The molecule has 20 heavy (non-hydrogen) atoms. The van der Waals surface area contributed by atoms with Gasteiger partial charge in [-0.3, -0.25) is 4.90 Å². The number of rotatable bonds is 9. The van der Waals surface area contributed by atoms with Crippen LogP contribution in [0.5, 0.6) is 0 Å². The zero-order valence-electron chi connectivity index (χ0n) is 14.3. The lowest BCUT2D eigenvalue weighted by atomic mass is 9.96. The largest absolute Gasteiger partial charge is 0.380 e. The minimum Gasteiger partial charge on any atom is -0.380 e. The summed E-state index contributed by atoms with van der Waals surface area (Å²) in [6.45, 7) is 15.7. The van der Waals surface area contributed by atoms with Gasteiger partial charge in [0, 0.05) is 31.3 Å². The maximum Gasteiger partial charge on any atom is 0.0637 e. The van der Waals surface area contributed by atoms with Crippen LogP contribution in [0, 0.1) is 5.92 Å². The number of hydrogen-bond acceptors (Lipinski definition) is 3. The normalized spacial score (nSPS) is 24.0. The molecule has 0 radical (unpaired) electrons. The van der Waals surface area contributed by atoms with Gasteiger partial charge in [0.25, 0.3) is 0 Å². The number of hydrogen-bond donors (Lipinski definition) is 1. The molecule has 1 N–H and O–H groups in total. The summed E-state index contributed by atoms with van der Waals surface area (Å²) in [5.74, 6) is 0.712. The summed E-state index contributed by atoms with van der Waals surface area (Å²) in [4.78, 5) is 2.73. The van der Waals surface area contributed by atoms with Gasteiger partial charge in [0.05, 0.1) is 6.61 Å². The molecule has 0 aromatic rings. The first kappa shape index (κ1) is 17.9. The Kier molecular flexibility index (Phi) is 8.74. The van der Waals surface area contributed by atoms with E-state index in [1.807, 2.05) is 0 Å². The molecule has 0 aromatic heterocycles. The average Bonchev–Trinajstić information content (AvgIpc) is 2.45. The highest BCUT2D eigenvalue weighted by Crippen LogP contribution is 2.22. The maximum absolute atomic E-state index is 5.81. The van der Waals surface area contributed by atoms with Crippen molar-refractivity contribution in [2.75, 3.05) is 26.3 Å². The summed E-state index contributed by atoms with van der Waals surface area (Å²) in [6.07, 6.45) is 4.83. The second kappa shape index (κ2) is 9.75. The van der Waals surface area contributed by atoms with Crippen LogP contribution >= 0.6 is 0 Å². The van der Waals surface area contributed by atoms with E-state index in [0.29, 0.717) is 24.0 Å². The third-order valence-electron chi connectivity index (χ3n) is 4.40. The third-order valence-corrected chi connectivity index (χ3v) is 4.40. The molecular formula is C17H36N2O. The zero-order valence-corrected chi connectivity index (χ0v) is 14.3. The summed E-state index contributed by atoms with van der Waals surface area (Å²) < 4.78 is 5.81. The van der Waals surface area contributed by atoms with Crippen LogP contribution in [0.2, 0.25) is 0 Å². The molecule has 0 aliphatic carbocycles. The lowest BCUT2D eigenvalue weighted by molar-refractivity contribution is -0.0256. The Labute approximate surface area is 126 Å². The predicted octanol–water partition coefficient (Wildman–Crippen LogP) is 3.29. The van der Waals surface area contributed by atoms with Crippen LogP contribution < -0.4 is 5.32 Å². The van der Waals surface area contributed by atoms with Crippen molar-refractivity contribution in [3.63, 3.8) is 0 Å². The van der Waals surface area contributed by atoms with E-state index in [2.05, 4.69) is 44.8 Å². The summed E-state index contributed by atoms with van der Waals surface area (Å²) in [6, 6.07) is 1.83. The van der Waals surface area contributed by atoms with E-state index < -0.39 is 0 Å². The van der Waals surface area contributed by atoms with Gasteiger partial charge in [0.2, 0.25) is 0 Å². The van der Waals surface area contributed by atoms with Crippen LogP contribution in [0.4, 0.5) is 0 Å². The second-order valence-electron chi connectivity index (χ2n) is 6.55. The van der Waals surface area contributed by atoms with Crippen LogP contribution in [-0.4, -0.2) is 49.3 Å². The molecular weight excluding hydrogens is 248 g/mol. The first-order valence-electron chi connectivity index (χ1n) is 8.70. The molecule has 1 aliphatic heterocycles. The molecule has 2 unspecified atom stereocenters. The third kappa shape index (κ3) is 5.34. The van der Waals surface area contributed by atoms with Crippen molar-refractivity contribution in [1.82, 2.24) is 10.2 Å². The first-order valence-corrected chi connectivity index (χ1v) is 8.70. The molecule has 0 spiro atoms. The highest BCUT2D eigenvalue weighted by molar-refractivity contribution is 4.90. The summed E-state index contributed by atoms with van der Waals surface area (Å²) in [5, 5.41) is 3.76. The quantitative estimate of drug-likeness (QED) is 0.703. The van der Waals surface area contributed by atoms with E-state index in [1.54, 1.807) is 0 Å². The van der Waals surface area contributed by atoms with E-state index in [4.69, 9.17) is 4.74 Å². The average molecular weight is 284 g/mol. The van der Waals surface area contributed by atoms with Gasteiger partial charge < -0.3 is 10.1 Å². The highest BCUT2D eigenvalue weighted by Gasteiger charge is 2.33. The molecule has 0 amide bonds. The van der Waals surface area contributed by atoms with Gasteiger partial charge in [-0.2, -0.15) is 0 Å².